The smallest absolute Gasteiger partial charge is 0.239 e. The predicted octanol–water partition coefficient (Wildman–Crippen LogP) is 0.520. The number of amides is 1. The topological polar surface area (TPSA) is 41.6 Å². The molecule has 1 N–H and O–H groups in total. The van der Waals surface area contributed by atoms with Crippen molar-refractivity contribution in [2.75, 3.05) is 26.2 Å². The third-order valence-corrected chi connectivity index (χ3v) is 4.18. The van der Waals surface area contributed by atoms with E-state index in [4.69, 9.17) is 4.74 Å². The molecule has 1 saturated carbocycles. The Bertz CT molecular complexity index is 283. The summed E-state index contributed by atoms with van der Waals surface area (Å²) < 4.78 is 5.83. The molecule has 1 aliphatic carbocycles. The highest BCUT2D eigenvalue weighted by molar-refractivity contribution is 5.82. The quantitative estimate of drug-likeness (QED) is 0.706. The molecular formula is C12H20N2O2. The molecule has 2 saturated heterocycles. The third kappa shape index (κ3) is 1.74. The van der Waals surface area contributed by atoms with Crippen molar-refractivity contribution in [2.45, 2.75) is 43.7 Å². The molecule has 4 heteroatoms. The lowest BCUT2D eigenvalue weighted by atomic mass is 9.79. The Labute approximate surface area is 96.3 Å². The molecule has 90 valence electrons. The number of nitrogens with zero attached hydrogens (tertiary/aromatic N) is 1. The van der Waals surface area contributed by atoms with Crippen LogP contribution in [0.1, 0.15) is 32.1 Å². The zero-order chi connectivity index (χ0) is 11.0. The summed E-state index contributed by atoms with van der Waals surface area (Å²) in [5, 5.41) is 3.29. The van der Waals surface area contributed by atoms with Crippen LogP contribution in [0.15, 0.2) is 0 Å². The maximum absolute atomic E-state index is 12.2. The molecule has 16 heavy (non-hydrogen) atoms. The molecule has 1 atom stereocenters. The monoisotopic (exact) mass is 224 g/mol. The van der Waals surface area contributed by atoms with Gasteiger partial charge in [-0.05, 0) is 38.6 Å². The Hall–Kier alpha value is -0.610. The number of morpholine rings is 1. The number of ether oxygens (including phenoxy) is 1. The van der Waals surface area contributed by atoms with Crippen LogP contribution >= 0.6 is 0 Å². The van der Waals surface area contributed by atoms with E-state index in [9.17, 15) is 4.79 Å². The molecule has 3 rings (SSSR count). The summed E-state index contributed by atoms with van der Waals surface area (Å²) in [6, 6.07) is 0.0789. The molecule has 2 heterocycles. The zero-order valence-corrected chi connectivity index (χ0v) is 9.71. The Kier molecular flexibility index (Phi) is 2.64. The molecule has 3 aliphatic rings. The molecule has 1 unspecified atom stereocenters. The van der Waals surface area contributed by atoms with Gasteiger partial charge in [-0.3, -0.25) is 4.79 Å². The van der Waals surface area contributed by atoms with Crippen molar-refractivity contribution < 1.29 is 9.53 Å². The Morgan fingerprint density at radius 3 is 2.88 bits per heavy atom. The van der Waals surface area contributed by atoms with Crippen LogP contribution in [0.5, 0.6) is 0 Å². The summed E-state index contributed by atoms with van der Waals surface area (Å²) in [6.07, 6.45) is 5.66. The zero-order valence-electron chi connectivity index (χ0n) is 9.71. The Morgan fingerprint density at radius 2 is 2.25 bits per heavy atom. The first kappa shape index (κ1) is 10.5. The molecule has 0 aromatic carbocycles. The minimum atomic E-state index is 0.0342. The van der Waals surface area contributed by atoms with Gasteiger partial charge in [0.2, 0.25) is 5.91 Å². The number of nitrogens with one attached hydrogen (secondary N) is 1. The van der Waals surface area contributed by atoms with Gasteiger partial charge in [-0.15, -0.1) is 0 Å². The number of carbonyl (C=O) groups excluding carboxylic acids is 1. The minimum Gasteiger partial charge on any atom is -0.371 e. The summed E-state index contributed by atoms with van der Waals surface area (Å²) >= 11 is 0. The van der Waals surface area contributed by atoms with Crippen LogP contribution in [-0.2, 0) is 9.53 Å². The Balaban J connectivity index is 1.63. The van der Waals surface area contributed by atoms with Crippen molar-refractivity contribution in [3.05, 3.63) is 0 Å². The molecule has 4 nitrogen and oxygen atoms in total. The molecule has 3 fully saturated rings. The van der Waals surface area contributed by atoms with Gasteiger partial charge in [0.1, 0.15) is 0 Å². The van der Waals surface area contributed by atoms with Gasteiger partial charge in [-0.2, -0.15) is 0 Å². The van der Waals surface area contributed by atoms with Crippen LogP contribution in [0.4, 0.5) is 0 Å². The average molecular weight is 224 g/mol. The molecule has 0 bridgehead atoms. The summed E-state index contributed by atoms with van der Waals surface area (Å²) in [5.74, 6) is 0.298. The van der Waals surface area contributed by atoms with Gasteiger partial charge in [0.15, 0.2) is 0 Å². The standard InChI is InChI=1S/C12H20N2O2/c15-11(10-3-1-6-13-10)14-7-8-16-12(9-14)4-2-5-12/h10,13H,1-9H2. The van der Waals surface area contributed by atoms with E-state index in [1.54, 1.807) is 0 Å². The summed E-state index contributed by atoms with van der Waals surface area (Å²) in [5.41, 5.74) is 0.0342. The SMILES string of the molecule is O=C(C1CCCN1)N1CCOC2(CCC2)C1. The van der Waals surface area contributed by atoms with Gasteiger partial charge in [-0.25, -0.2) is 0 Å². The van der Waals surface area contributed by atoms with E-state index in [2.05, 4.69) is 5.32 Å². The highest BCUT2D eigenvalue weighted by atomic mass is 16.5. The second kappa shape index (κ2) is 4.00. The first-order valence-electron chi connectivity index (χ1n) is 6.45. The first-order chi connectivity index (χ1) is 7.79. The fraction of sp³-hybridized carbons (Fsp3) is 0.917. The largest absolute Gasteiger partial charge is 0.371 e. The van der Waals surface area contributed by atoms with Gasteiger partial charge in [0.05, 0.1) is 18.2 Å². The van der Waals surface area contributed by atoms with E-state index in [0.29, 0.717) is 5.91 Å². The van der Waals surface area contributed by atoms with Gasteiger partial charge in [-0.1, -0.05) is 0 Å². The van der Waals surface area contributed by atoms with E-state index in [1.807, 2.05) is 4.90 Å². The lowest BCUT2D eigenvalue weighted by Gasteiger charge is -2.48. The highest BCUT2D eigenvalue weighted by Gasteiger charge is 2.44. The lowest BCUT2D eigenvalue weighted by molar-refractivity contribution is -0.168. The number of rotatable bonds is 1. The van der Waals surface area contributed by atoms with Gasteiger partial charge < -0.3 is 15.0 Å². The maximum atomic E-state index is 12.2. The van der Waals surface area contributed by atoms with Crippen LogP contribution in [0.3, 0.4) is 0 Å². The van der Waals surface area contributed by atoms with Crippen molar-refractivity contribution in [3.8, 4) is 0 Å². The highest BCUT2D eigenvalue weighted by Crippen LogP contribution is 2.38. The van der Waals surface area contributed by atoms with Gasteiger partial charge in [0, 0.05) is 13.1 Å². The van der Waals surface area contributed by atoms with Crippen molar-refractivity contribution in [3.63, 3.8) is 0 Å². The predicted molar refractivity (Wildman–Crippen MR) is 60.1 cm³/mol. The minimum absolute atomic E-state index is 0.0342. The summed E-state index contributed by atoms with van der Waals surface area (Å²) in [6.45, 7) is 3.31. The van der Waals surface area contributed by atoms with Crippen LogP contribution in [-0.4, -0.2) is 48.7 Å². The number of hydrogen-bond donors (Lipinski definition) is 1. The fourth-order valence-electron chi connectivity index (χ4n) is 3.02. The molecular weight excluding hydrogens is 204 g/mol. The summed E-state index contributed by atoms with van der Waals surface area (Å²) in [4.78, 5) is 14.3. The van der Waals surface area contributed by atoms with E-state index in [1.165, 1.54) is 6.42 Å². The molecule has 0 aromatic heterocycles. The lowest BCUT2D eigenvalue weighted by Crippen LogP contribution is -2.59. The second-order valence-electron chi connectivity index (χ2n) is 5.29. The molecule has 0 aromatic rings. The van der Waals surface area contributed by atoms with E-state index >= 15 is 0 Å². The molecule has 1 spiro atoms. The third-order valence-electron chi connectivity index (χ3n) is 4.18. The van der Waals surface area contributed by atoms with Crippen molar-refractivity contribution >= 4 is 5.91 Å². The molecule has 0 radical (unpaired) electrons. The fourth-order valence-corrected chi connectivity index (χ4v) is 3.02. The van der Waals surface area contributed by atoms with Crippen LogP contribution in [0.25, 0.3) is 0 Å². The maximum Gasteiger partial charge on any atom is 0.239 e. The average Bonchev–Trinajstić information content (AvgIpc) is 2.79. The van der Waals surface area contributed by atoms with Crippen LogP contribution in [0, 0.1) is 0 Å². The summed E-state index contributed by atoms with van der Waals surface area (Å²) in [7, 11) is 0. The van der Waals surface area contributed by atoms with E-state index < -0.39 is 0 Å². The first-order valence-corrected chi connectivity index (χ1v) is 6.45. The molecule has 2 aliphatic heterocycles. The van der Waals surface area contributed by atoms with Crippen molar-refractivity contribution in [1.82, 2.24) is 10.2 Å². The Morgan fingerprint density at radius 1 is 1.38 bits per heavy atom. The second-order valence-corrected chi connectivity index (χ2v) is 5.29. The number of hydrogen-bond acceptors (Lipinski definition) is 3. The van der Waals surface area contributed by atoms with Gasteiger partial charge >= 0.3 is 0 Å². The number of carbonyl (C=O) groups is 1. The van der Waals surface area contributed by atoms with Crippen LogP contribution < -0.4 is 5.32 Å². The van der Waals surface area contributed by atoms with Gasteiger partial charge in [0.25, 0.3) is 0 Å². The van der Waals surface area contributed by atoms with Crippen LogP contribution in [0.2, 0.25) is 0 Å². The van der Waals surface area contributed by atoms with E-state index in [-0.39, 0.29) is 11.6 Å². The van der Waals surface area contributed by atoms with Crippen molar-refractivity contribution in [1.29, 1.82) is 0 Å². The molecule has 1 amide bonds. The van der Waals surface area contributed by atoms with Crippen molar-refractivity contribution in [2.24, 2.45) is 0 Å². The van der Waals surface area contributed by atoms with E-state index in [0.717, 1.165) is 51.9 Å². The normalized spacial score (nSPS) is 32.8.